The molecular weight excluding hydrogens is 511 g/mol. The molecule has 0 aliphatic rings. The minimum Gasteiger partial charge on any atom is -0.790 e. The quantitative estimate of drug-likeness (QED) is 0.0636. The third kappa shape index (κ3) is 30.7. The van der Waals surface area contributed by atoms with Crippen LogP contribution in [-0.2, 0) is 32.9 Å². The summed E-state index contributed by atoms with van der Waals surface area (Å²) in [6.07, 6.45) is 10.6. The number of hydrogen-bond acceptors (Lipinski definition) is 9. The summed E-state index contributed by atoms with van der Waals surface area (Å²) >= 11 is 0. The van der Waals surface area contributed by atoms with Crippen molar-refractivity contribution in [1.82, 2.24) is 5.32 Å². The molecule has 0 rings (SSSR count). The summed E-state index contributed by atoms with van der Waals surface area (Å²) in [6.45, 7) is 3.19. The van der Waals surface area contributed by atoms with E-state index in [1.165, 1.54) is 26.2 Å². The van der Waals surface area contributed by atoms with Gasteiger partial charge in [-0.25, -0.2) is 0 Å². The molecule has 0 fully saturated rings. The molecule has 13 heteroatoms. The minimum absolute atomic E-state index is 0. The Hall–Kier alpha value is 0.520. The van der Waals surface area contributed by atoms with Gasteiger partial charge in [0.1, 0.15) is 6.61 Å². The minimum atomic E-state index is -5.24. The summed E-state index contributed by atoms with van der Waals surface area (Å²) in [5.41, 5.74) is 0. The van der Waals surface area contributed by atoms with Crippen LogP contribution in [0.1, 0.15) is 104 Å². The fraction of sp³-hybridized carbons (Fsp3) is 0.870. The maximum absolute atomic E-state index is 12.0. The molecule has 0 bridgehead atoms. The second-order valence-electron chi connectivity index (χ2n) is 8.41. The van der Waals surface area contributed by atoms with Gasteiger partial charge in [0, 0.05) is 26.3 Å². The first-order chi connectivity index (χ1) is 16.1. The number of unbranched alkanes of at least 4 members (excludes halogenated alkanes) is 10. The molecule has 0 aliphatic heterocycles. The zero-order chi connectivity index (χ0) is 25.7. The van der Waals surface area contributed by atoms with Gasteiger partial charge >= 0.3 is 71.1 Å². The topological polar surface area (TPSA) is 154 Å². The van der Waals surface area contributed by atoms with E-state index in [-0.39, 0.29) is 84.5 Å². The van der Waals surface area contributed by atoms with E-state index in [0.29, 0.717) is 19.4 Å². The van der Waals surface area contributed by atoms with E-state index in [4.69, 9.17) is 9.47 Å². The predicted molar refractivity (Wildman–Crippen MR) is 123 cm³/mol. The summed E-state index contributed by atoms with van der Waals surface area (Å²) in [5, 5.41) is 2.72. The second kappa shape index (κ2) is 27.1. The zero-order valence-corrected chi connectivity index (χ0v) is 27.6. The Morgan fingerprint density at radius 3 is 1.81 bits per heavy atom. The molecule has 0 radical (unpaired) electrons. The first kappa shape index (κ1) is 41.0. The largest absolute Gasteiger partial charge is 1.00 e. The number of amides is 1. The maximum atomic E-state index is 12.0. The van der Waals surface area contributed by atoms with Crippen LogP contribution >= 0.6 is 7.82 Å². The Bertz CT molecular complexity index is 620. The van der Waals surface area contributed by atoms with Crippen molar-refractivity contribution in [3.8, 4) is 0 Å². The Labute approximate surface area is 260 Å². The Balaban J connectivity index is -0.00000544. The van der Waals surface area contributed by atoms with Crippen LogP contribution in [0.4, 0.5) is 0 Å². The number of phosphoric ester groups is 1. The van der Waals surface area contributed by atoms with Crippen LogP contribution in [0, 0.1) is 0 Å². The zero-order valence-electron chi connectivity index (χ0n) is 22.7. The average Bonchev–Trinajstić information content (AvgIpc) is 2.76. The number of rotatable bonds is 22. The van der Waals surface area contributed by atoms with Crippen molar-refractivity contribution in [1.29, 1.82) is 0 Å². The number of carbonyl (C=O) groups excluding carboxylic acids is 3. The summed E-state index contributed by atoms with van der Waals surface area (Å²) in [5.74, 6) is -1.11. The van der Waals surface area contributed by atoms with Crippen LogP contribution in [-0.4, -0.2) is 43.7 Å². The molecule has 0 aliphatic carbocycles. The maximum Gasteiger partial charge on any atom is 1.00 e. The van der Waals surface area contributed by atoms with Gasteiger partial charge in [-0.05, 0) is 19.3 Å². The molecule has 0 unspecified atom stereocenters. The van der Waals surface area contributed by atoms with E-state index in [9.17, 15) is 28.7 Å². The molecule has 200 valence electrons. The average molecular weight is 554 g/mol. The Kier molecular flexibility index (Phi) is 30.9. The second-order valence-corrected chi connectivity index (χ2v) is 9.56. The van der Waals surface area contributed by atoms with Gasteiger partial charge < -0.3 is 33.7 Å². The van der Waals surface area contributed by atoms with Gasteiger partial charge in [0.25, 0.3) is 0 Å². The third-order valence-corrected chi connectivity index (χ3v) is 5.53. The van der Waals surface area contributed by atoms with Crippen molar-refractivity contribution in [2.45, 2.75) is 110 Å². The van der Waals surface area contributed by atoms with Crippen molar-refractivity contribution in [2.75, 3.05) is 19.8 Å². The molecule has 0 spiro atoms. The van der Waals surface area contributed by atoms with Crippen molar-refractivity contribution in [2.24, 2.45) is 0 Å². The molecule has 0 saturated heterocycles. The van der Waals surface area contributed by atoms with E-state index in [0.717, 1.165) is 44.9 Å². The van der Waals surface area contributed by atoms with E-state index in [2.05, 4.69) is 16.8 Å². The summed E-state index contributed by atoms with van der Waals surface area (Å²) in [6, 6.07) is 0. The number of hydrogen-bond donors (Lipinski definition) is 1. The summed E-state index contributed by atoms with van der Waals surface area (Å²) in [4.78, 5) is 56.3. The molecule has 0 aromatic rings. The van der Waals surface area contributed by atoms with Gasteiger partial charge in [-0.15, -0.1) is 0 Å². The fourth-order valence-electron chi connectivity index (χ4n) is 3.21. The number of nitrogens with one attached hydrogen (secondary N) is 1. The van der Waals surface area contributed by atoms with Crippen LogP contribution in [0.15, 0.2) is 0 Å². The third-order valence-electron chi connectivity index (χ3n) is 5.06. The molecule has 1 N–H and O–H groups in total. The van der Waals surface area contributed by atoms with E-state index >= 15 is 0 Å². The molecule has 1 amide bonds. The molecular formula is C23H42NNa2O9P. The molecule has 0 saturated carbocycles. The number of esters is 2. The van der Waals surface area contributed by atoms with E-state index in [1.807, 2.05) is 0 Å². The number of carbonyl (C=O) groups is 3. The van der Waals surface area contributed by atoms with Crippen molar-refractivity contribution in [3.05, 3.63) is 0 Å². The molecule has 0 aromatic carbocycles. The molecule has 1 atom stereocenters. The van der Waals surface area contributed by atoms with Gasteiger partial charge in [-0.1, -0.05) is 64.7 Å². The van der Waals surface area contributed by atoms with Gasteiger partial charge in [-0.2, -0.15) is 0 Å². The first-order valence-electron chi connectivity index (χ1n) is 12.4. The summed E-state index contributed by atoms with van der Waals surface area (Å²) < 4.78 is 25.2. The number of ether oxygens (including phenoxy) is 2. The van der Waals surface area contributed by atoms with Crippen LogP contribution in [0.25, 0.3) is 0 Å². The smallest absolute Gasteiger partial charge is 0.790 e. The normalized spacial score (nSPS) is 11.6. The van der Waals surface area contributed by atoms with Crippen molar-refractivity contribution in [3.63, 3.8) is 0 Å². The van der Waals surface area contributed by atoms with Crippen molar-refractivity contribution < 1.29 is 102 Å². The SMILES string of the molecule is CCCCCCCCCC(=O)O[C@H](COC(=O)CCCCCCCNC(C)=O)COP(=O)([O-])[O-].[Na+].[Na+]. The van der Waals surface area contributed by atoms with E-state index < -0.39 is 32.5 Å². The number of phosphoric acid groups is 1. The monoisotopic (exact) mass is 553 g/mol. The van der Waals surface area contributed by atoms with Gasteiger partial charge in [0.05, 0.1) is 14.4 Å². The molecule has 0 heterocycles. The van der Waals surface area contributed by atoms with Crippen LogP contribution in [0.5, 0.6) is 0 Å². The van der Waals surface area contributed by atoms with Gasteiger partial charge in [0.15, 0.2) is 6.10 Å². The van der Waals surface area contributed by atoms with E-state index in [1.54, 1.807) is 0 Å². The van der Waals surface area contributed by atoms with Crippen LogP contribution in [0.3, 0.4) is 0 Å². The van der Waals surface area contributed by atoms with Crippen molar-refractivity contribution >= 4 is 25.7 Å². The van der Waals surface area contributed by atoms with Crippen LogP contribution in [0.2, 0.25) is 0 Å². The molecule has 36 heavy (non-hydrogen) atoms. The summed E-state index contributed by atoms with van der Waals surface area (Å²) in [7, 11) is -5.24. The van der Waals surface area contributed by atoms with Gasteiger partial charge in [-0.3, -0.25) is 14.4 Å². The fourth-order valence-corrected chi connectivity index (χ4v) is 3.56. The predicted octanol–water partition coefficient (Wildman–Crippen LogP) is -3.09. The molecule has 0 aromatic heterocycles. The van der Waals surface area contributed by atoms with Gasteiger partial charge in [0.2, 0.25) is 5.91 Å². The standard InChI is InChI=1S/C23H44NO9P.2Na/c1-3-4-5-6-7-9-13-16-23(27)33-21(19-32-34(28,29)30)18-31-22(26)15-12-10-8-11-14-17-24-20(2)25;;/h21H,3-19H2,1-2H3,(H,24,25)(H2,28,29,30);;/q;2*+1/p-2/t21-;;/m1../s1. The molecule has 10 nitrogen and oxygen atoms in total. The Morgan fingerprint density at radius 2 is 1.28 bits per heavy atom. The van der Waals surface area contributed by atoms with Crippen LogP contribution < -0.4 is 74.2 Å². The Morgan fingerprint density at radius 1 is 0.778 bits per heavy atom. The first-order valence-corrected chi connectivity index (χ1v) is 13.9.